The molecule has 2 spiro atoms. The van der Waals surface area contributed by atoms with Gasteiger partial charge in [0.15, 0.2) is 0 Å². The lowest BCUT2D eigenvalue weighted by Gasteiger charge is -2.56. The van der Waals surface area contributed by atoms with Gasteiger partial charge in [0, 0.05) is 0 Å². The number of hydrogen-bond acceptors (Lipinski definition) is 0. The Morgan fingerprint density at radius 1 is 0.346 bits per heavy atom. The van der Waals surface area contributed by atoms with Crippen LogP contribution in [-0.2, 0) is 0 Å². The molecule has 0 aromatic heterocycles. The summed E-state index contributed by atoms with van der Waals surface area (Å²) >= 11 is 0. The minimum atomic E-state index is 0.108. The standard InChI is InChI=1S/C50H84P2/c1-51-35-37-19-21-41-42(16-14-32-50-30-10-3-7-25-47(50,33-23-37)27-12-6-18-44(41)50)46(51)45-38-20-22-40-39(36-52(45)2)15-13-31-49-29-9-4-8-26-48(49,34-24-38)28-11-5-17-43(40)49/h37-46H,3-36H2,1-2H3/t37-,38-,39?,40?,41?,42?,43-,44-,45-,46-,47?,48?,49-,50-,51+,52+/m1/s1. The lowest BCUT2D eigenvalue weighted by atomic mass is 9.49. The lowest BCUT2D eigenvalue weighted by molar-refractivity contribution is -0.0661. The minimum absolute atomic E-state index is 0.108. The predicted octanol–water partition coefficient (Wildman–Crippen LogP) is 15.4. The Kier molecular flexibility index (Phi) is 10.7. The largest absolute Gasteiger partial charge is 0.106 e. The molecule has 10 aliphatic rings. The average Bonchev–Trinajstić information content (AvgIpc) is 3.61. The minimum Gasteiger partial charge on any atom is -0.106 e. The van der Waals surface area contributed by atoms with Crippen molar-refractivity contribution in [2.75, 3.05) is 25.7 Å². The van der Waals surface area contributed by atoms with Gasteiger partial charge in [0.2, 0.25) is 0 Å². The SMILES string of the molecule is C[P@@]1CC2CCC[C@@]34CCCCCC35CCCC[C@@H]4C2CC[C@H](CC5)[C@@H]1[C@H]1C2CCC[C@@]34CCCCCC35CCCC[C@@H]4C2CC[C@H](CC5)C[P@]1C. The van der Waals surface area contributed by atoms with Crippen molar-refractivity contribution in [3.63, 3.8) is 0 Å². The van der Waals surface area contributed by atoms with Crippen LogP contribution >= 0.6 is 15.8 Å². The molecule has 0 N–H and O–H groups in total. The average molecular weight is 747 g/mol. The molecule has 16 atom stereocenters. The molecule has 0 radical (unpaired) electrons. The van der Waals surface area contributed by atoms with E-state index in [0.29, 0.717) is 5.41 Å². The first-order valence-corrected chi connectivity index (χ1v) is 29.0. The van der Waals surface area contributed by atoms with E-state index in [-0.39, 0.29) is 15.8 Å². The second kappa shape index (κ2) is 14.9. The van der Waals surface area contributed by atoms with Crippen LogP contribution in [0, 0.1) is 69.0 Å². The predicted molar refractivity (Wildman–Crippen MR) is 228 cm³/mol. The van der Waals surface area contributed by atoms with Gasteiger partial charge in [-0.3, -0.25) is 0 Å². The summed E-state index contributed by atoms with van der Waals surface area (Å²) in [6.07, 6.45) is 55.4. The van der Waals surface area contributed by atoms with Crippen molar-refractivity contribution in [2.45, 2.75) is 217 Å². The first kappa shape index (κ1) is 37.2. The fourth-order valence-corrected chi connectivity index (χ4v) is 27.7. The molecule has 294 valence electrons. The Bertz CT molecular complexity index is 1240. The van der Waals surface area contributed by atoms with Gasteiger partial charge in [-0.05, 0) is 234 Å². The molecule has 8 aliphatic carbocycles. The van der Waals surface area contributed by atoms with Crippen molar-refractivity contribution in [3.8, 4) is 0 Å². The van der Waals surface area contributed by atoms with Gasteiger partial charge >= 0.3 is 0 Å². The Balaban J connectivity index is 1.08. The van der Waals surface area contributed by atoms with Gasteiger partial charge < -0.3 is 0 Å². The van der Waals surface area contributed by atoms with E-state index >= 15 is 0 Å². The number of rotatable bonds is 1. The zero-order chi connectivity index (χ0) is 35.0. The van der Waals surface area contributed by atoms with Crippen LogP contribution in [0.1, 0.15) is 205 Å². The fourth-order valence-electron chi connectivity index (χ4n) is 19.9. The van der Waals surface area contributed by atoms with Crippen molar-refractivity contribution >= 4 is 15.8 Å². The third-order valence-electron chi connectivity index (χ3n) is 21.6. The second-order valence-corrected chi connectivity index (χ2v) is 27.9. The van der Waals surface area contributed by atoms with Crippen LogP contribution in [0.2, 0.25) is 0 Å². The Hall–Kier alpha value is 0.860. The molecule has 8 saturated carbocycles. The number of fused-ring (bicyclic) bond motifs is 4. The van der Waals surface area contributed by atoms with E-state index in [1.54, 1.807) is 218 Å². The molecule has 2 aliphatic heterocycles. The highest BCUT2D eigenvalue weighted by Gasteiger charge is 2.63. The molecule has 2 heteroatoms. The molecule has 0 aromatic rings. The Morgan fingerprint density at radius 2 is 0.904 bits per heavy atom. The van der Waals surface area contributed by atoms with E-state index in [4.69, 9.17) is 0 Å². The highest BCUT2D eigenvalue weighted by Crippen LogP contribution is 2.74. The van der Waals surface area contributed by atoms with Crippen LogP contribution in [0.15, 0.2) is 0 Å². The monoisotopic (exact) mass is 747 g/mol. The van der Waals surface area contributed by atoms with Crippen molar-refractivity contribution in [1.82, 2.24) is 0 Å². The summed E-state index contributed by atoms with van der Waals surface area (Å²) in [7, 11) is 0.223. The van der Waals surface area contributed by atoms with Gasteiger partial charge in [0.05, 0.1) is 0 Å². The third kappa shape index (κ3) is 5.86. The molecule has 10 fully saturated rings. The Labute approximate surface area is 326 Å². The van der Waals surface area contributed by atoms with Crippen LogP contribution in [0.3, 0.4) is 0 Å². The van der Waals surface area contributed by atoms with E-state index in [2.05, 4.69) is 13.3 Å². The summed E-state index contributed by atoms with van der Waals surface area (Å²) in [6.45, 7) is 5.98. The fraction of sp³-hybridized carbons (Fsp3) is 1.00. The molecule has 2 heterocycles. The van der Waals surface area contributed by atoms with E-state index in [9.17, 15) is 0 Å². The summed E-state index contributed by atoms with van der Waals surface area (Å²) in [5.74, 6) is 8.73. The molecular weight excluding hydrogens is 662 g/mol. The molecule has 0 nitrogen and oxygen atoms in total. The van der Waals surface area contributed by atoms with Crippen LogP contribution in [0.25, 0.3) is 0 Å². The van der Waals surface area contributed by atoms with Crippen molar-refractivity contribution in [2.24, 2.45) is 69.0 Å². The van der Waals surface area contributed by atoms with Crippen LogP contribution in [0.4, 0.5) is 0 Å². The smallest absolute Gasteiger partial charge is 0.0110 e. The molecule has 52 heavy (non-hydrogen) atoms. The summed E-state index contributed by atoms with van der Waals surface area (Å²) < 4.78 is 0. The zero-order valence-electron chi connectivity index (χ0n) is 34.7. The van der Waals surface area contributed by atoms with Gasteiger partial charge in [0.1, 0.15) is 0 Å². The summed E-state index contributed by atoms with van der Waals surface area (Å²) in [4.78, 5) is 0. The highest BCUT2D eigenvalue weighted by atomic mass is 31.1. The van der Waals surface area contributed by atoms with Gasteiger partial charge in [-0.2, -0.15) is 0 Å². The molecule has 0 amide bonds. The van der Waals surface area contributed by atoms with Crippen LogP contribution < -0.4 is 0 Å². The van der Waals surface area contributed by atoms with E-state index in [1.165, 1.54) is 0 Å². The molecule has 0 aromatic carbocycles. The number of hydrogen-bond donors (Lipinski definition) is 0. The normalized spacial score (nSPS) is 55.5. The van der Waals surface area contributed by atoms with Crippen molar-refractivity contribution < 1.29 is 0 Å². The molecule has 10 rings (SSSR count). The van der Waals surface area contributed by atoms with Gasteiger partial charge in [-0.1, -0.05) is 77.0 Å². The van der Waals surface area contributed by atoms with Crippen molar-refractivity contribution in [1.29, 1.82) is 0 Å². The van der Waals surface area contributed by atoms with Gasteiger partial charge in [-0.25, -0.2) is 0 Å². The summed E-state index contributed by atoms with van der Waals surface area (Å²) in [6, 6.07) is 0. The van der Waals surface area contributed by atoms with Crippen molar-refractivity contribution in [3.05, 3.63) is 0 Å². The molecule has 6 unspecified atom stereocenters. The summed E-state index contributed by atoms with van der Waals surface area (Å²) in [5.41, 5.74) is 5.15. The van der Waals surface area contributed by atoms with Gasteiger partial charge in [0.25, 0.3) is 0 Å². The topological polar surface area (TPSA) is 0 Å². The quantitative estimate of drug-likeness (QED) is 0.234. The summed E-state index contributed by atoms with van der Waals surface area (Å²) in [5, 5.41) is 0. The maximum Gasteiger partial charge on any atom is -0.0110 e. The van der Waals surface area contributed by atoms with Crippen LogP contribution in [-0.4, -0.2) is 37.0 Å². The highest BCUT2D eigenvalue weighted by molar-refractivity contribution is 7.62. The molecule has 10 bridgehead atoms. The van der Waals surface area contributed by atoms with Crippen LogP contribution in [0.5, 0.6) is 0 Å². The lowest BCUT2D eigenvalue weighted by Crippen LogP contribution is -2.49. The van der Waals surface area contributed by atoms with E-state index in [1.807, 2.05) is 0 Å². The maximum absolute atomic E-state index is 3.00. The third-order valence-corrected chi connectivity index (χ3v) is 27.5. The molecule has 2 saturated heterocycles. The van der Waals surface area contributed by atoms with E-state index in [0.717, 1.165) is 74.9 Å². The molecular formula is C50H84P2. The Morgan fingerprint density at radius 3 is 1.62 bits per heavy atom. The maximum atomic E-state index is 3.00. The van der Waals surface area contributed by atoms with Gasteiger partial charge in [-0.15, -0.1) is 15.8 Å². The first-order valence-electron chi connectivity index (χ1n) is 24.9. The first-order chi connectivity index (χ1) is 25.5. The van der Waals surface area contributed by atoms with E-state index < -0.39 is 0 Å². The second-order valence-electron chi connectivity index (χ2n) is 23.0. The zero-order valence-corrected chi connectivity index (χ0v) is 36.5.